The molecule has 0 saturated carbocycles. The quantitative estimate of drug-likeness (QED) is 0.841. The van der Waals surface area contributed by atoms with Gasteiger partial charge in [-0.05, 0) is 48.9 Å². The fourth-order valence-corrected chi connectivity index (χ4v) is 5.08. The van der Waals surface area contributed by atoms with Crippen molar-refractivity contribution in [3.05, 3.63) is 66.0 Å². The lowest BCUT2D eigenvalue weighted by atomic mass is 9.69. The van der Waals surface area contributed by atoms with Crippen LogP contribution in [-0.2, 0) is 22.6 Å². The fraction of sp³-hybridized carbons (Fsp3) is 0.435. The second-order valence-electron chi connectivity index (χ2n) is 7.96. The molecule has 3 atom stereocenters. The SMILES string of the molecule is CCC(=O)N1[C@H]2CC[C@@H]1[C@](Cc1ccccc1)(C(=O)NCc1ccncc1)C2. The zero-order chi connectivity index (χ0) is 19.6. The van der Waals surface area contributed by atoms with Crippen LogP contribution in [0.5, 0.6) is 0 Å². The van der Waals surface area contributed by atoms with Crippen LogP contribution in [0.4, 0.5) is 0 Å². The smallest absolute Gasteiger partial charge is 0.228 e. The molecule has 2 bridgehead atoms. The summed E-state index contributed by atoms with van der Waals surface area (Å²) in [6.45, 7) is 2.39. The third-order valence-corrected chi connectivity index (χ3v) is 6.35. The van der Waals surface area contributed by atoms with Crippen LogP contribution in [-0.4, -0.2) is 33.8 Å². The number of carbonyl (C=O) groups excluding carboxylic acids is 2. The predicted octanol–water partition coefficient (Wildman–Crippen LogP) is 3.10. The van der Waals surface area contributed by atoms with Crippen LogP contribution in [0, 0.1) is 5.41 Å². The molecule has 0 spiro atoms. The van der Waals surface area contributed by atoms with Crippen molar-refractivity contribution in [1.82, 2.24) is 15.2 Å². The Bertz CT molecular complexity index is 839. The van der Waals surface area contributed by atoms with E-state index < -0.39 is 5.41 Å². The summed E-state index contributed by atoms with van der Waals surface area (Å²) in [7, 11) is 0. The van der Waals surface area contributed by atoms with E-state index in [0.29, 0.717) is 19.4 Å². The van der Waals surface area contributed by atoms with Gasteiger partial charge in [-0.25, -0.2) is 0 Å². The number of fused-ring (bicyclic) bond motifs is 2. The molecule has 2 aliphatic rings. The molecule has 1 aromatic heterocycles. The second-order valence-corrected chi connectivity index (χ2v) is 7.96. The number of benzene rings is 1. The lowest BCUT2D eigenvalue weighted by molar-refractivity contribution is -0.136. The standard InChI is InChI=1S/C23H27N3O2/c1-2-21(27)26-19-8-9-20(26)23(15-19,14-17-6-4-3-5-7-17)22(28)25-16-18-10-12-24-13-11-18/h3-7,10-13,19-20H,2,8-9,14-16H2,1H3,(H,25,28)/t19-,20+,23+/m0/s1. The lowest BCUT2D eigenvalue weighted by Gasteiger charge is -2.36. The Morgan fingerprint density at radius 1 is 1.11 bits per heavy atom. The Labute approximate surface area is 166 Å². The van der Waals surface area contributed by atoms with Crippen LogP contribution in [0.3, 0.4) is 0 Å². The third-order valence-electron chi connectivity index (χ3n) is 6.35. The minimum atomic E-state index is -0.553. The molecule has 4 rings (SSSR count). The zero-order valence-electron chi connectivity index (χ0n) is 16.3. The Morgan fingerprint density at radius 3 is 2.57 bits per heavy atom. The number of hydrogen-bond acceptors (Lipinski definition) is 3. The lowest BCUT2D eigenvalue weighted by Crippen LogP contribution is -2.51. The van der Waals surface area contributed by atoms with Crippen molar-refractivity contribution in [3.63, 3.8) is 0 Å². The Morgan fingerprint density at radius 2 is 1.86 bits per heavy atom. The summed E-state index contributed by atoms with van der Waals surface area (Å²) >= 11 is 0. The van der Waals surface area contributed by atoms with E-state index in [1.165, 1.54) is 0 Å². The molecule has 1 N–H and O–H groups in total. The number of nitrogens with zero attached hydrogens (tertiary/aromatic N) is 2. The summed E-state index contributed by atoms with van der Waals surface area (Å²) in [6, 6.07) is 14.2. The number of nitrogens with one attached hydrogen (secondary N) is 1. The molecular weight excluding hydrogens is 350 g/mol. The topological polar surface area (TPSA) is 62.3 Å². The van der Waals surface area contributed by atoms with Gasteiger partial charge in [-0.2, -0.15) is 0 Å². The predicted molar refractivity (Wildman–Crippen MR) is 107 cm³/mol. The largest absolute Gasteiger partial charge is 0.351 e. The van der Waals surface area contributed by atoms with E-state index in [1.54, 1.807) is 12.4 Å². The minimum Gasteiger partial charge on any atom is -0.351 e. The first kappa shape index (κ1) is 18.7. The normalized spacial score (nSPS) is 25.7. The van der Waals surface area contributed by atoms with Crippen molar-refractivity contribution in [2.75, 3.05) is 0 Å². The molecule has 0 radical (unpaired) electrons. The van der Waals surface area contributed by atoms with Crippen LogP contribution in [0.15, 0.2) is 54.9 Å². The molecule has 0 unspecified atom stereocenters. The molecule has 0 aliphatic carbocycles. The van der Waals surface area contributed by atoms with E-state index in [4.69, 9.17) is 0 Å². The van der Waals surface area contributed by atoms with Gasteiger partial charge in [0.05, 0.1) is 5.41 Å². The van der Waals surface area contributed by atoms with Crippen molar-refractivity contribution in [2.24, 2.45) is 5.41 Å². The summed E-state index contributed by atoms with van der Waals surface area (Å²) in [5.41, 5.74) is 1.63. The second kappa shape index (κ2) is 7.74. The summed E-state index contributed by atoms with van der Waals surface area (Å²) in [5, 5.41) is 3.16. The highest BCUT2D eigenvalue weighted by Crippen LogP contribution is 2.52. The molecular formula is C23H27N3O2. The van der Waals surface area contributed by atoms with E-state index in [0.717, 1.165) is 30.4 Å². The van der Waals surface area contributed by atoms with Gasteiger partial charge in [-0.1, -0.05) is 37.3 Å². The highest BCUT2D eigenvalue weighted by Gasteiger charge is 2.60. The molecule has 2 aliphatic heterocycles. The fourth-order valence-electron chi connectivity index (χ4n) is 5.08. The Kier molecular flexibility index (Phi) is 5.16. The van der Waals surface area contributed by atoms with Gasteiger partial charge in [0.2, 0.25) is 11.8 Å². The van der Waals surface area contributed by atoms with Crippen molar-refractivity contribution >= 4 is 11.8 Å². The van der Waals surface area contributed by atoms with Crippen LogP contribution in [0.2, 0.25) is 0 Å². The van der Waals surface area contributed by atoms with Gasteiger partial charge in [-0.15, -0.1) is 0 Å². The van der Waals surface area contributed by atoms with Crippen molar-refractivity contribution in [2.45, 2.75) is 57.7 Å². The van der Waals surface area contributed by atoms with E-state index in [2.05, 4.69) is 22.4 Å². The average molecular weight is 377 g/mol. The number of amides is 2. The van der Waals surface area contributed by atoms with Crippen molar-refractivity contribution < 1.29 is 9.59 Å². The molecule has 2 aromatic rings. The number of rotatable bonds is 6. The van der Waals surface area contributed by atoms with Crippen LogP contribution in [0.25, 0.3) is 0 Å². The molecule has 1 aromatic carbocycles. The van der Waals surface area contributed by atoms with Gasteiger partial charge in [0.15, 0.2) is 0 Å². The number of hydrogen-bond donors (Lipinski definition) is 1. The molecule has 5 nitrogen and oxygen atoms in total. The van der Waals surface area contributed by atoms with Gasteiger partial charge < -0.3 is 10.2 Å². The first-order valence-corrected chi connectivity index (χ1v) is 10.2. The van der Waals surface area contributed by atoms with E-state index >= 15 is 0 Å². The molecule has 2 saturated heterocycles. The highest BCUT2D eigenvalue weighted by molar-refractivity contribution is 5.87. The summed E-state index contributed by atoms with van der Waals surface area (Å²) in [6.07, 6.45) is 7.30. The van der Waals surface area contributed by atoms with Crippen molar-refractivity contribution in [3.8, 4) is 0 Å². The minimum absolute atomic E-state index is 0.0115. The summed E-state index contributed by atoms with van der Waals surface area (Å²) in [4.78, 5) is 32.2. The third kappa shape index (κ3) is 3.30. The van der Waals surface area contributed by atoms with Gasteiger partial charge >= 0.3 is 0 Å². The number of carbonyl (C=O) groups is 2. The molecule has 3 heterocycles. The van der Waals surface area contributed by atoms with E-state index in [9.17, 15) is 9.59 Å². The molecule has 5 heteroatoms. The maximum atomic E-state index is 13.5. The molecule has 2 amide bonds. The number of pyridine rings is 1. The maximum absolute atomic E-state index is 13.5. The maximum Gasteiger partial charge on any atom is 0.228 e. The van der Waals surface area contributed by atoms with Gasteiger partial charge in [-0.3, -0.25) is 14.6 Å². The molecule has 28 heavy (non-hydrogen) atoms. The first-order valence-electron chi connectivity index (χ1n) is 10.2. The van der Waals surface area contributed by atoms with Crippen molar-refractivity contribution in [1.29, 1.82) is 0 Å². The average Bonchev–Trinajstić information content (AvgIpc) is 3.29. The van der Waals surface area contributed by atoms with Crippen LogP contribution >= 0.6 is 0 Å². The molecule has 146 valence electrons. The van der Waals surface area contributed by atoms with Crippen LogP contribution in [0.1, 0.15) is 43.7 Å². The zero-order valence-corrected chi connectivity index (χ0v) is 16.3. The van der Waals surface area contributed by atoms with Gasteiger partial charge in [0.1, 0.15) is 0 Å². The monoisotopic (exact) mass is 377 g/mol. The Balaban J connectivity index is 1.61. The first-order chi connectivity index (χ1) is 13.6. The summed E-state index contributed by atoms with van der Waals surface area (Å²) in [5.74, 6) is 0.235. The van der Waals surface area contributed by atoms with E-state index in [1.807, 2.05) is 42.2 Å². The summed E-state index contributed by atoms with van der Waals surface area (Å²) < 4.78 is 0. The van der Waals surface area contributed by atoms with E-state index in [-0.39, 0.29) is 23.9 Å². The highest BCUT2D eigenvalue weighted by atomic mass is 16.2. The van der Waals surface area contributed by atoms with Gasteiger partial charge in [0, 0.05) is 37.4 Å². The van der Waals surface area contributed by atoms with Gasteiger partial charge in [0.25, 0.3) is 0 Å². The van der Waals surface area contributed by atoms with Crippen LogP contribution < -0.4 is 5.32 Å². The Hall–Kier alpha value is -2.69. The molecule has 2 fully saturated rings. The number of aromatic nitrogens is 1.